The van der Waals surface area contributed by atoms with Gasteiger partial charge in [0.1, 0.15) is 36.3 Å². The summed E-state index contributed by atoms with van der Waals surface area (Å²) in [6.45, 7) is 0.544. The largest absolute Gasteiger partial charge is 0.488 e. The molecule has 0 aliphatic heterocycles. The van der Waals surface area contributed by atoms with E-state index in [0.717, 1.165) is 5.39 Å². The lowest BCUT2D eigenvalue weighted by Crippen LogP contribution is -2.23. The third-order valence-electron chi connectivity index (χ3n) is 3.20. The number of halogens is 1. The molecule has 0 saturated carbocycles. The van der Waals surface area contributed by atoms with Gasteiger partial charge in [-0.15, -0.1) is 0 Å². The minimum Gasteiger partial charge on any atom is -0.488 e. The standard InChI is InChI=1S/C17H16ClNO4/c18-13-7-12-3-1-5-19-17(12)16(8-13)23-10-14(20)9-21-11-15-4-2-6-22-15/h1-8,14,20H,9-11H2. The maximum atomic E-state index is 9.95. The van der Waals surface area contributed by atoms with Gasteiger partial charge >= 0.3 is 0 Å². The van der Waals surface area contributed by atoms with Crippen LogP contribution in [0.4, 0.5) is 0 Å². The molecule has 5 nitrogen and oxygen atoms in total. The molecule has 120 valence electrons. The van der Waals surface area contributed by atoms with Gasteiger partial charge in [-0.3, -0.25) is 4.98 Å². The predicted octanol–water partition coefficient (Wildman–Crippen LogP) is 3.44. The van der Waals surface area contributed by atoms with E-state index in [1.54, 1.807) is 24.6 Å². The van der Waals surface area contributed by atoms with Gasteiger partial charge in [-0.1, -0.05) is 17.7 Å². The third-order valence-corrected chi connectivity index (χ3v) is 3.42. The maximum absolute atomic E-state index is 9.95. The van der Waals surface area contributed by atoms with Crippen LogP contribution in [0.2, 0.25) is 5.02 Å². The Morgan fingerprint density at radius 1 is 1.22 bits per heavy atom. The highest BCUT2D eigenvalue weighted by Gasteiger charge is 2.10. The van der Waals surface area contributed by atoms with Crippen LogP contribution in [0.1, 0.15) is 5.76 Å². The lowest BCUT2D eigenvalue weighted by molar-refractivity contribution is 0.00110. The molecule has 1 unspecified atom stereocenters. The first kappa shape index (κ1) is 15.8. The molecule has 0 aliphatic rings. The number of ether oxygens (including phenoxy) is 2. The Labute approximate surface area is 138 Å². The molecule has 6 heteroatoms. The monoisotopic (exact) mass is 333 g/mol. The molecule has 0 radical (unpaired) electrons. The molecule has 0 fully saturated rings. The number of aliphatic hydroxyl groups excluding tert-OH is 1. The molecule has 3 rings (SSSR count). The van der Waals surface area contributed by atoms with Crippen molar-refractivity contribution in [2.75, 3.05) is 13.2 Å². The first-order valence-corrected chi connectivity index (χ1v) is 7.55. The number of nitrogens with zero attached hydrogens (tertiary/aromatic N) is 1. The maximum Gasteiger partial charge on any atom is 0.147 e. The second-order valence-electron chi connectivity index (χ2n) is 5.04. The van der Waals surface area contributed by atoms with Crippen LogP contribution in [0.3, 0.4) is 0 Å². The Morgan fingerprint density at radius 2 is 2.13 bits per heavy atom. The van der Waals surface area contributed by atoms with Gasteiger partial charge in [0.05, 0.1) is 12.9 Å². The zero-order valence-corrected chi connectivity index (χ0v) is 13.1. The quantitative estimate of drug-likeness (QED) is 0.717. The van der Waals surface area contributed by atoms with Crippen LogP contribution >= 0.6 is 11.6 Å². The number of hydrogen-bond acceptors (Lipinski definition) is 5. The van der Waals surface area contributed by atoms with Gasteiger partial charge in [-0.25, -0.2) is 0 Å². The first-order chi connectivity index (χ1) is 11.2. The van der Waals surface area contributed by atoms with E-state index in [2.05, 4.69) is 4.98 Å². The Hall–Kier alpha value is -2.08. The average Bonchev–Trinajstić information content (AvgIpc) is 3.06. The molecule has 0 spiro atoms. The molecule has 1 atom stereocenters. The van der Waals surface area contributed by atoms with E-state index < -0.39 is 6.10 Å². The zero-order valence-electron chi connectivity index (χ0n) is 12.3. The Kier molecular flexibility index (Phi) is 5.12. The van der Waals surface area contributed by atoms with Gasteiger partial charge in [0.2, 0.25) is 0 Å². The van der Waals surface area contributed by atoms with Crippen LogP contribution in [0.5, 0.6) is 5.75 Å². The topological polar surface area (TPSA) is 64.7 Å². The number of aromatic nitrogens is 1. The van der Waals surface area contributed by atoms with Crippen LogP contribution in [0, 0.1) is 0 Å². The van der Waals surface area contributed by atoms with Crippen molar-refractivity contribution in [3.05, 3.63) is 59.6 Å². The molecule has 0 bridgehead atoms. The lowest BCUT2D eigenvalue weighted by Gasteiger charge is -2.14. The Morgan fingerprint density at radius 3 is 2.96 bits per heavy atom. The first-order valence-electron chi connectivity index (χ1n) is 7.17. The summed E-state index contributed by atoms with van der Waals surface area (Å²) in [4.78, 5) is 4.29. The van der Waals surface area contributed by atoms with E-state index in [4.69, 9.17) is 25.5 Å². The molecule has 0 saturated heterocycles. The molecule has 0 aliphatic carbocycles. The fourth-order valence-corrected chi connectivity index (χ4v) is 2.37. The second kappa shape index (κ2) is 7.46. The number of fused-ring (bicyclic) bond motifs is 1. The number of pyridine rings is 1. The fourth-order valence-electron chi connectivity index (χ4n) is 2.16. The fraction of sp³-hybridized carbons (Fsp3) is 0.235. The van der Waals surface area contributed by atoms with E-state index in [9.17, 15) is 5.11 Å². The molecule has 23 heavy (non-hydrogen) atoms. The summed E-state index contributed by atoms with van der Waals surface area (Å²) < 4.78 is 16.2. The van der Waals surface area contributed by atoms with Crippen molar-refractivity contribution in [1.82, 2.24) is 4.98 Å². The van der Waals surface area contributed by atoms with Crippen LogP contribution in [0.25, 0.3) is 10.9 Å². The normalized spacial score (nSPS) is 12.4. The van der Waals surface area contributed by atoms with Crippen molar-refractivity contribution < 1.29 is 19.0 Å². The molecule has 0 amide bonds. The minimum absolute atomic E-state index is 0.0875. The summed E-state index contributed by atoms with van der Waals surface area (Å²) in [6, 6.07) is 10.8. The van der Waals surface area contributed by atoms with Gasteiger partial charge in [0.25, 0.3) is 0 Å². The van der Waals surface area contributed by atoms with Crippen LogP contribution in [0.15, 0.2) is 53.3 Å². The van der Waals surface area contributed by atoms with Crippen molar-refractivity contribution in [3.63, 3.8) is 0 Å². The number of rotatable bonds is 7. The van der Waals surface area contributed by atoms with E-state index >= 15 is 0 Å². The number of aliphatic hydroxyl groups is 1. The highest BCUT2D eigenvalue weighted by molar-refractivity contribution is 6.31. The van der Waals surface area contributed by atoms with Gasteiger partial charge < -0.3 is 19.0 Å². The van der Waals surface area contributed by atoms with Crippen molar-refractivity contribution >= 4 is 22.5 Å². The molecule has 2 aromatic heterocycles. The highest BCUT2D eigenvalue weighted by atomic mass is 35.5. The number of benzene rings is 1. The summed E-state index contributed by atoms with van der Waals surface area (Å²) in [5, 5.41) is 11.4. The van der Waals surface area contributed by atoms with Crippen molar-refractivity contribution in [2.24, 2.45) is 0 Å². The van der Waals surface area contributed by atoms with Crippen LogP contribution < -0.4 is 4.74 Å². The van der Waals surface area contributed by atoms with Crippen molar-refractivity contribution in [2.45, 2.75) is 12.7 Å². The summed E-state index contributed by atoms with van der Waals surface area (Å²) in [7, 11) is 0. The zero-order chi connectivity index (χ0) is 16.1. The molecular weight excluding hydrogens is 318 g/mol. The van der Waals surface area contributed by atoms with Gasteiger partial charge in [0, 0.05) is 22.7 Å². The smallest absolute Gasteiger partial charge is 0.147 e. The van der Waals surface area contributed by atoms with Crippen molar-refractivity contribution in [3.8, 4) is 5.75 Å². The van der Waals surface area contributed by atoms with E-state index in [-0.39, 0.29) is 13.2 Å². The van der Waals surface area contributed by atoms with Crippen molar-refractivity contribution in [1.29, 1.82) is 0 Å². The van der Waals surface area contributed by atoms with Gasteiger partial charge in [-0.05, 0) is 24.3 Å². The second-order valence-corrected chi connectivity index (χ2v) is 5.47. The van der Waals surface area contributed by atoms with Gasteiger partial charge in [0.15, 0.2) is 0 Å². The SMILES string of the molecule is OC(COCc1ccco1)COc1cc(Cl)cc2cccnc12. The molecule has 3 aromatic rings. The Bertz CT molecular complexity index is 760. The summed E-state index contributed by atoms with van der Waals surface area (Å²) in [5.74, 6) is 1.25. The third kappa shape index (κ3) is 4.22. The Balaban J connectivity index is 1.55. The lowest BCUT2D eigenvalue weighted by atomic mass is 10.2. The van der Waals surface area contributed by atoms with E-state index in [0.29, 0.717) is 28.7 Å². The summed E-state index contributed by atoms with van der Waals surface area (Å²) in [5.41, 5.74) is 0.709. The van der Waals surface area contributed by atoms with E-state index in [1.807, 2.05) is 24.3 Å². The van der Waals surface area contributed by atoms with Gasteiger partial charge in [-0.2, -0.15) is 0 Å². The molecule has 1 N–H and O–H groups in total. The summed E-state index contributed by atoms with van der Waals surface area (Å²) >= 11 is 6.07. The number of furan rings is 1. The van der Waals surface area contributed by atoms with Crippen LogP contribution in [-0.2, 0) is 11.3 Å². The predicted molar refractivity (Wildman–Crippen MR) is 86.6 cm³/mol. The molecule has 2 heterocycles. The average molecular weight is 334 g/mol. The highest BCUT2D eigenvalue weighted by Crippen LogP contribution is 2.28. The van der Waals surface area contributed by atoms with E-state index in [1.165, 1.54) is 0 Å². The number of hydrogen-bond donors (Lipinski definition) is 1. The summed E-state index contributed by atoms with van der Waals surface area (Å²) in [6.07, 6.45) is 2.50. The minimum atomic E-state index is -0.761. The molecule has 1 aromatic carbocycles. The van der Waals surface area contributed by atoms with Crippen LogP contribution in [-0.4, -0.2) is 29.4 Å². The molecular formula is C17H16ClNO4.